The van der Waals surface area contributed by atoms with E-state index in [-0.39, 0.29) is 30.6 Å². The number of aliphatic hydroxyl groups is 1. The minimum Gasteiger partial charge on any atom is -1.00 e. The lowest BCUT2D eigenvalue weighted by molar-refractivity contribution is -0.698. The van der Waals surface area contributed by atoms with Gasteiger partial charge in [0.2, 0.25) is 0 Å². The third kappa shape index (κ3) is 3.79. The number of alkyl halides is 3. The maximum absolute atomic E-state index is 12.0. The largest absolute Gasteiger partial charge is 1.00 e. The van der Waals surface area contributed by atoms with Crippen LogP contribution in [0.4, 0.5) is 13.2 Å². The Morgan fingerprint density at radius 2 is 1.71 bits per heavy atom. The summed E-state index contributed by atoms with van der Waals surface area (Å²) in [4.78, 5) is 0. The fourth-order valence-corrected chi connectivity index (χ4v) is 0.911. The highest BCUT2D eigenvalue weighted by Crippen LogP contribution is 2.27. The molecule has 2 nitrogen and oxygen atoms in total. The summed E-state index contributed by atoms with van der Waals surface area (Å²) in [6, 6.07) is 1.96. The molecular formula is C8H9F3INO. The van der Waals surface area contributed by atoms with Crippen LogP contribution in [0.15, 0.2) is 24.5 Å². The van der Waals surface area contributed by atoms with Gasteiger partial charge in [-0.05, 0) is 0 Å². The van der Waals surface area contributed by atoms with Gasteiger partial charge in [0.15, 0.2) is 18.9 Å². The Bertz CT molecular complexity index is 273. The number of rotatable bonds is 2. The number of aromatic nitrogens is 1. The van der Waals surface area contributed by atoms with Crippen molar-refractivity contribution in [1.29, 1.82) is 0 Å². The van der Waals surface area contributed by atoms with Gasteiger partial charge in [-0.3, -0.25) is 0 Å². The molecule has 0 aliphatic carbocycles. The van der Waals surface area contributed by atoms with E-state index in [0.717, 1.165) is 12.1 Å². The predicted molar refractivity (Wildman–Crippen MR) is 38.7 cm³/mol. The SMILES string of the molecule is OCC[n+]1ccc(C(F)(F)F)cc1.[I-]. The second kappa shape index (κ2) is 5.50. The van der Waals surface area contributed by atoms with Gasteiger partial charge in [0.05, 0.1) is 5.56 Å². The van der Waals surface area contributed by atoms with Crippen molar-refractivity contribution in [3.63, 3.8) is 0 Å². The van der Waals surface area contributed by atoms with E-state index in [4.69, 9.17) is 5.11 Å². The van der Waals surface area contributed by atoms with Crippen molar-refractivity contribution in [2.24, 2.45) is 0 Å². The Kier molecular flexibility index (Phi) is 5.35. The molecule has 0 amide bonds. The van der Waals surface area contributed by atoms with Crippen LogP contribution in [0.3, 0.4) is 0 Å². The zero-order valence-corrected chi connectivity index (χ0v) is 9.29. The lowest BCUT2D eigenvalue weighted by Gasteiger charge is -2.04. The lowest BCUT2D eigenvalue weighted by Crippen LogP contribution is -3.00. The Morgan fingerprint density at radius 3 is 2.07 bits per heavy atom. The molecule has 0 radical (unpaired) electrons. The maximum Gasteiger partial charge on any atom is 0.416 e. The first kappa shape index (κ1) is 13.6. The van der Waals surface area contributed by atoms with E-state index in [9.17, 15) is 13.2 Å². The molecule has 6 heteroatoms. The Morgan fingerprint density at radius 1 is 1.21 bits per heavy atom. The minimum atomic E-state index is -4.29. The monoisotopic (exact) mass is 319 g/mol. The second-order valence-corrected chi connectivity index (χ2v) is 2.55. The Balaban J connectivity index is 0.00000169. The van der Waals surface area contributed by atoms with Crippen molar-refractivity contribution in [3.05, 3.63) is 30.1 Å². The van der Waals surface area contributed by atoms with Gasteiger partial charge < -0.3 is 29.1 Å². The van der Waals surface area contributed by atoms with E-state index in [1.807, 2.05) is 0 Å². The molecule has 0 saturated carbocycles. The second-order valence-electron chi connectivity index (χ2n) is 2.55. The molecule has 1 N–H and O–H groups in total. The van der Waals surface area contributed by atoms with Crippen LogP contribution >= 0.6 is 0 Å². The summed E-state index contributed by atoms with van der Waals surface area (Å²) in [6.07, 6.45) is -1.71. The summed E-state index contributed by atoms with van der Waals surface area (Å²) in [6.45, 7) is 0.216. The van der Waals surface area contributed by atoms with E-state index >= 15 is 0 Å². The molecule has 0 bridgehead atoms. The first-order chi connectivity index (χ1) is 6.04. The minimum absolute atomic E-state index is 0. The number of pyridine rings is 1. The zero-order chi connectivity index (χ0) is 9.90. The van der Waals surface area contributed by atoms with Gasteiger partial charge in [0.1, 0.15) is 6.61 Å². The van der Waals surface area contributed by atoms with Crippen LogP contribution in [-0.4, -0.2) is 11.7 Å². The van der Waals surface area contributed by atoms with E-state index in [0.29, 0.717) is 6.54 Å². The van der Waals surface area contributed by atoms with Crippen LogP contribution in [-0.2, 0) is 12.7 Å². The summed E-state index contributed by atoms with van der Waals surface area (Å²) in [5.74, 6) is 0. The van der Waals surface area contributed by atoms with Crippen LogP contribution in [0.5, 0.6) is 0 Å². The molecule has 0 spiro atoms. The van der Waals surface area contributed by atoms with E-state index in [1.165, 1.54) is 17.0 Å². The fraction of sp³-hybridized carbons (Fsp3) is 0.375. The normalized spacial score (nSPS) is 10.9. The van der Waals surface area contributed by atoms with Gasteiger partial charge in [-0.2, -0.15) is 13.2 Å². The van der Waals surface area contributed by atoms with Crippen molar-refractivity contribution in [3.8, 4) is 0 Å². The van der Waals surface area contributed by atoms with Gasteiger partial charge in [0.25, 0.3) is 0 Å². The summed E-state index contributed by atoms with van der Waals surface area (Å²) >= 11 is 0. The summed E-state index contributed by atoms with van der Waals surface area (Å²) in [7, 11) is 0. The third-order valence-corrected chi connectivity index (χ3v) is 1.58. The number of hydrogen-bond acceptors (Lipinski definition) is 1. The van der Waals surface area contributed by atoms with E-state index in [1.54, 1.807) is 0 Å². The van der Waals surface area contributed by atoms with Crippen molar-refractivity contribution in [2.75, 3.05) is 6.61 Å². The molecule has 0 atom stereocenters. The first-order valence-electron chi connectivity index (χ1n) is 3.71. The van der Waals surface area contributed by atoms with Crippen LogP contribution in [0, 0.1) is 0 Å². The number of nitrogens with zero attached hydrogens (tertiary/aromatic N) is 1. The molecule has 0 unspecified atom stereocenters. The van der Waals surface area contributed by atoms with E-state index < -0.39 is 11.7 Å². The zero-order valence-electron chi connectivity index (χ0n) is 7.13. The molecule has 14 heavy (non-hydrogen) atoms. The molecule has 0 saturated heterocycles. The average molecular weight is 319 g/mol. The van der Waals surface area contributed by atoms with Crippen LogP contribution in [0.1, 0.15) is 5.56 Å². The van der Waals surface area contributed by atoms with Gasteiger partial charge in [-0.15, -0.1) is 0 Å². The number of halogens is 4. The average Bonchev–Trinajstić information content (AvgIpc) is 2.04. The maximum atomic E-state index is 12.0. The van der Waals surface area contributed by atoms with Crippen LogP contribution in [0.25, 0.3) is 0 Å². The molecule has 0 aliphatic heterocycles. The molecule has 0 fully saturated rings. The van der Waals surface area contributed by atoms with Crippen molar-refractivity contribution in [1.82, 2.24) is 0 Å². The summed E-state index contributed by atoms with van der Waals surface area (Å²) in [5, 5.41) is 8.51. The molecule has 0 aromatic carbocycles. The summed E-state index contributed by atoms with van der Waals surface area (Å²) < 4.78 is 37.6. The third-order valence-electron chi connectivity index (χ3n) is 1.58. The number of hydrogen-bond donors (Lipinski definition) is 1. The highest BCUT2D eigenvalue weighted by atomic mass is 127. The van der Waals surface area contributed by atoms with Crippen LogP contribution < -0.4 is 28.5 Å². The summed E-state index contributed by atoms with van der Waals surface area (Å²) in [5.41, 5.74) is -0.679. The van der Waals surface area contributed by atoms with Gasteiger partial charge in [0, 0.05) is 12.1 Å². The highest BCUT2D eigenvalue weighted by Gasteiger charge is 2.30. The van der Waals surface area contributed by atoms with Crippen molar-refractivity contribution < 1.29 is 46.8 Å². The fourth-order valence-electron chi connectivity index (χ4n) is 0.911. The smallest absolute Gasteiger partial charge is 0.416 e. The molecule has 0 aliphatic rings. The predicted octanol–water partition coefficient (Wildman–Crippen LogP) is -2.01. The Labute approximate surface area is 96.4 Å². The van der Waals surface area contributed by atoms with Gasteiger partial charge in [-0.25, -0.2) is 4.57 Å². The standard InChI is InChI=1S/C8H9F3NO.HI/c9-8(10,11)7-1-3-12(4-2-7)5-6-13;/h1-4,13H,5-6H2;1H/q+1;/p-1. The van der Waals surface area contributed by atoms with Gasteiger partial charge >= 0.3 is 6.18 Å². The quantitative estimate of drug-likeness (QED) is 0.494. The number of aliphatic hydroxyl groups excluding tert-OH is 1. The molecule has 1 aromatic rings. The highest BCUT2D eigenvalue weighted by molar-refractivity contribution is 5.11. The topological polar surface area (TPSA) is 24.1 Å². The van der Waals surface area contributed by atoms with Crippen molar-refractivity contribution in [2.45, 2.75) is 12.7 Å². The van der Waals surface area contributed by atoms with E-state index in [2.05, 4.69) is 0 Å². The molecule has 80 valence electrons. The molecule has 1 aromatic heterocycles. The Hall–Kier alpha value is -0.370. The van der Waals surface area contributed by atoms with Crippen molar-refractivity contribution >= 4 is 0 Å². The first-order valence-corrected chi connectivity index (χ1v) is 3.71. The molecule has 1 rings (SSSR count). The van der Waals surface area contributed by atoms with Crippen LogP contribution in [0.2, 0.25) is 0 Å². The van der Waals surface area contributed by atoms with Gasteiger partial charge in [-0.1, -0.05) is 0 Å². The molecular weight excluding hydrogens is 310 g/mol. The lowest BCUT2D eigenvalue weighted by atomic mass is 10.2. The molecule has 1 heterocycles.